The van der Waals surface area contributed by atoms with Gasteiger partial charge in [-0.1, -0.05) is 145 Å². The van der Waals surface area contributed by atoms with Crippen molar-refractivity contribution < 1.29 is 36.3 Å². The molecule has 3 fully saturated rings. The molecule has 0 atom stereocenters. The van der Waals surface area contributed by atoms with Crippen LogP contribution in [0.4, 0.5) is 32.7 Å². The lowest BCUT2D eigenvalue weighted by Gasteiger charge is -2.31. The number of rotatable bonds is 22. The highest BCUT2D eigenvalue weighted by molar-refractivity contribution is 6.30. The number of aryl methyl sites for hydroxylation is 3. The number of piperidine rings is 3. The number of carbonyl (C=O) groups is 2. The molecule has 0 bridgehead atoms. The average molecular weight is 1910 g/mol. The summed E-state index contributed by atoms with van der Waals surface area (Å²) in [7, 11) is 0. The van der Waals surface area contributed by atoms with Crippen molar-refractivity contribution in [3.8, 4) is 35.1 Å². The maximum atomic E-state index is 14.0. The Kier molecular flexibility index (Phi) is 27.6. The van der Waals surface area contributed by atoms with Gasteiger partial charge in [-0.25, -0.2) is 56.7 Å². The van der Waals surface area contributed by atoms with Gasteiger partial charge >= 0.3 is 6.09 Å². The zero-order chi connectivity index (χ0) is 96.4. The number of imidazole rings is 4. The minimum atomic E-state index is -0.963. The highest BCUT2D eigenvalue weighted by Gasteiger charge is 2.34. The minimum Gasteiger partial charge on any atom is -0.445 e. The first-order valence-electron chi connectivity index (χ1n) is 46.5. The second-order valence-electron chi connectivity index (χ2n) is 35.1. The number of amides is 2. The molecule has 0 aliphatic carbocycles. The number of para-hydroxylation sites is 8. The zero-order valence-electron chi connectivity index (χ0n) is 76.1. The highest BCUT2D eigenvalue weighted by Crippen LogP contribution is 2.36. The molecule has 2 amide bonds. The van der Waals surface area contributed by atoms with Gasteiger partial charge in [0.05, 0.1) is 49.8 Å². The molecule has 8 N–H and O–H groups in total. The van der Waals surface area contributed by atoms with E-state index in [4.69, 9.17) is 16.3 Å². The molecule has 9 aromatic heterocycles. The number of nitrogens with zero attached hydrogens (tertiary/aromatic N) is 13. The summed E-state index contributed by atoms with van der Waals surface area (Å²) < 4.78 is 78.8. The lowest BCUT2D eigenvalue weighted by atomic mass is 9.90. The summed E-state index contributed by atoms with van der Waals surface area (Å²) in [5.74, 6) is 0.0873. The standard InChI is InChI=1S/C30H27F2N5O3.C27H26FN7O.C25H26FN5O2.C24H18ClFN4O/c31-23-11-10-20(17-24(23)32)16-22-27(35-37(28(22)38)29-33-25-8-4-5-9-26(25)34-29)21-12-14-36(15-13-21)30(39)40-18-19-6-2-1-3-7-19;28-20-9-6-18(7-10-20)8-11-21-24(19-12-16-34(17-13-19)26-29-14-3-15-30-26)33-35(25(21)36)27-31-22-4-1-2-5-23(22)32-27;1-16(32)30-14-12-18(13-15-30)23-20(11-8-17-6-9-19(26)10-7-17)24(33)31(29-23)25-27-21-4-2-3-5-22(21)28-25;25-17-5-3-4-16(14-17)22-19(13-10-15-8-11-18(26)12-9-15)23(31)30(29-22)24-27-20-6-1-2-7-21(20)28-24/h1-11,17,21,35H,12-16,18H2,(H,33,34);1-7,9-10,14-15,19,33H,8,11-13,16-17H2,(H,31,32);2-7,9-10,18,29H,8,11-15H2,1H3,(H,27,28);1-9,11-12,14,29H,10,13H2,(H,27,28). The topological polar surface area (TPSA) is 345 Å². The van der Waals surface area contributed by atoms with E-state index in [2.05, 4.69) is 75.1 Å². The Labute approximate surface area is 802 Å². The first kappa shape index (κ1) is 92.7. The van der Waals surface area contributed by atoms with Crippen LogP contribution in [0.15, 0.2) is 280 Å². The van der Waals surface area contributed by atoms with E-state index in [1.165, 1.54) is 61.2 Å². The first-order chi connectivity index (χ1) is 68.2. The molecule has 34 heteroatoms. The largest absolute Gasteiger partial charge is 0.445 e. The number of halogens is 6. The number of H-pyrrole nitrogens is 8. The molecule has 0 radical (unpaired) electrons. The van der Waals surface area contributed by atoms with Gasteiger partial charge in [-0.05, 0) is 220 Å². The van der Waals surface area contributed by atoms with Gasteiger partial charge in [-0.2, -0.15) is 18.7 Å². The monoisotopic (exact) mass is 1910 g/mol. The SMILES string of the molecule is CC(=O)N1CCC(c2[nH]n(-c3nc4ccccc4[nH]3)c(=O)c2CCc2ccc(F)cc2)CC1.O=C(OCc1ccccc1)N1CCC(c2[nH]n(-c3nc4ccccc4[nH]3)c(=O)c2Cc2ccc(F)c(F)c2)CC1.O=c1c(CCc2ccc(F)cc2)c(-c2cccc(Cl)c2)[nH]n1-c1nc2ccccc2[nH]1.O=c1c(CCc2ccc(F)cc2)c(C2CCN(c3ncccn3)CC2)[nH]n1-c1nc2ccccc2[nH]1. The van der Waals surface area contributed by atoms with E-state index in [1.807, 2.05) is 157 Å². The molecule has 0 spiro atoms. The third-order valence-electron chi connectivity index (χ3n) is 26.1. The number of carbonyl (C=O) groups excluding carboxylic acids is 2. The lowest BCUT2D eigenvalue weighted by Crippen LogP contribution is -2.38. The van der Waals surface area contributed by atoms with Gasteiger partial charge in [0.15, 0.2) is 11.6 Å². The zero-order valence-corrected chi connectivity index (χ0v) is 76.9. The Morgan fingerprint density at radius 2 is 0.750 bits per heavy atom. The molecule has 3 aliphatic heterocycles. The summed E-state index contributed by atoms with van der Waals surface area (Å²) >= 11 is 6.20. The molecule has 0 saturated carbocycles. The van der Waals surface area contributed by atoms with E-state index in [0.29, 0.717) is 140 Å². The Bertz CT molecular complexity index is 7740. The quantitative estimate of drug-likeness (QED) is 0.0293. The molecule has 710 valence electrons. The van der Waals surface area contributed by atoms with Crippen LogP contribution in [-0.2, 0) is 61.1 Å². The highest BCUT2D eigenvalue weighted by atomic mass is 35.5. The van der Waals surface area contributed by atoms with Crippen molar-refractivity contribution in [3.63, 3.8) is 0 Å². The Morgan fingerprint density at radius 1 is 0.371 bits per heavy atom. The molecule has 3 saturated heterocycles. The van der Waals surface area contributed by atoms with Crippen molar-refractivity contribution in [2.24, 2.45) is 0 Å². The number of hydrogen-bond acceptors (Lipinski definition) is 14. The van der Waals surface area contributed by atoms with Gasteiger partial charge in [0.2, 0.25) is 35.6 Å². The molecular formula is C106H97ClF5N21O7. The summed E-state index contributed by atoms with van der Waals surface area (Å²) in [6.45, 7) is 5.68. The third kappa shape index (κ3) is 21.0. The molecule has 10 aromatic carbocycles. The van der Waals surface area contributed by atoms with Crippen molar-refractivity contribution in [1.29, 1.82) is 0 Å². The van der Waals surface area contributed by atoms with E-state index in [9.17, 15) is 50.7 Å². The van der Waals surface area contributed by atoms with Gasteiger partial charge in [-0.15, -0.1) is 0 Å². The number of nitrogens with one attached hydrogen (secondary N) is 8. The van der Waals surface area contributed by atoms with E-state index < -0.39 is 11.6 Å². The fourth-order valence-electron chi connectivity index (χ4n) is 18.6. The maximum Gasteiger partial charge on any atom is 0.410 e. The van der Waals surface area contributed by atoms with Crippen LogP contribution in [0.1, 0.15) is 130 Å². The Balaban J connectivity index is 0.000000119. The summed E-state index contributed by atoms with van der Waals surface area (Å²) in [4.78, 5) is 124. The van der Waals surface area contributed by atoms with Crippen LogP contribution in [0, 0.1) is 29.1 Å². The molecule has 28 nitrogen and oxygen atoms in total. The Hall–Kier alpha value is -16.3. The van der Waals surface area contributed by atoms with Gasteiger partial charge in [0, 0.05) is 133 Å². The summed E-state index contributed by atoms with van der Waals surface area (Å²) in [5.41, 5.74) is 16.7. The summed E-state index contributed by atoms with van der Waals surface area (Å²) in [6.07, 6.45) is 11.3. The molecule has 22 rings (SSSR count). The number of aromatic nitrogens is 18. The normalized spacial score (nSPS) is 13.8. The third-order valence-corrected chi connectivity index (χ3v) is 26.3. The van der Waals surface area contributed by atoms with Gasteiger partial charge < -0.3 is 39.4 Å². The number of ether oxygens (including phenoxy) is 1. The van der Waals surface area contributed by atoms with Crippen LogP contribution in [0.25, 0.3) is 79.2 Å². The lowest BCUT2D eigenvalue weighted by molar-refractivity contribution is -0.129. The van der Waals surface area contributed by atoms with Gasteiger partial charge in [-0.3, -0.25) is 44.4 Å². The van der Waals surface area contributed by atoms with Crippen LogP contribution in [0.3, 0.4) is 0 Å². The molecule has 0 unspecified atom stereocenters. The van der Waals surface area contributed by atoms with Crippen molar-refractivity contribution in [1.82, 2.24) is 98.8 Å². The molecule has 3 aliphatic rings. The molecule has 19 aromatic rings. The number of aromatic amines is 8. The molecule has 140 heavy (non-hydrogen) atoms. The maximum absolute atomic E-state index is 14.0. The van der Waals surface area contributed by atoms with E-state index in [0.717, 1.165) is 146 Å². The van der Waals surface area contributed by atoms with Crippen LogP contribution in [0.2, 0.25) is 5.02 Å². The fraction of sp³-hybridized carbons (Fsp3) is 0.226. The smallest absolute Gasteiger partial charge is 0.410 e. The minimum absolute atomic E-state index is 0.0585. The Morgan fingerprint density at radius 3 is 1.17 bits per heavy atom. The fourth-order valence-corrected chi connectivity index (χ4v) is 18.8. The number of benzene rings is 10. The van der Waals surface area contributed by atoms with Gasteiger partial charge in [0.1, 0.15) is 24.1 Å². The van der Waals surface area contributed by atoms with Crippen molar-refractivity contribution in [3.05, 3.63) is 404 Å². The molecular weight excluding hydrogens is 1810 g/mol. The number of anilines is 1. The molecule has 12 heterocycles. The second-order valence-corrected chi connectivity index (χ2v) is 35.5. The van der Waals surface area contributed by atoms with Crippen molar-refractivity contribution in [2.45, 2.75) is 115 Å². The van der Waals surface area contributed by atoms with E-state index >= 15 is 0 Å². The van der Waals surface area contributed by atoms with E-state index in [1.54, 1.807) is 66.7 Å². The van der Waals surface area contributed by atoms with Crippen LogP contribution >= 0.6 is 11.6 Å². The second kappa shape index (κ2) is 41.7. The van der Waals surface area contributed by atoms with Gasteiger partial charge in [0.25, 0.3) is 22.2 Å². The number of likely N-dealkylation sites (tertiary alicyclic amines) is 2. The predicted octanol–water partition coefficient (Wildman–Crippen LogP) is 18.5. The van der Waals surface area contributed by atoms with Crippen molar-refractivity contribution >= 4 is 73.7 Å². The van der Waals surface area contributed by atoms with Crippen LogP contribution in [-0.4, -0.2) is 150 Å². The number of fused-ring (bicyclic) bond motifs is 4. The van der Waals surface area contributed by atoms with Crippen LogP contribution in [0.5, 0.6) is 0 Å². The average Bonchev–Trinajstić information content (AvgIpc) is 1.63. The predicted molar refractivity (Wildman–Crippen MR) is 526 cm³/mol. The first-order valence-corrected chi connectivity index (χ1v) is 46.9. The van der Waals surface area contributed by atoms with Crippen LogP contribution < -0.4 is 27.1 Å². The summed E-state index contributed by atoms with van der Waals surface area (Å²) in [6, 6.07) is 71.9. The van der Waals surface area contributed by atoms with E-state index in [-0.39, 0.29) is 82.5 Å². The van der Waals surface area contributed by atoms with Crippen molar-refractivity contribution in [2.75, 3.05) is 44.2 Å². The summed E-state index contributed by atoms with van der Waals surface area (Å²) in [5, 5.41) is 13.8. The number of hydrogen-bond donors (Lipinski definition) is 8.